The minimum Gasteiger partial charge on any atom is -0.436 e. The van der Waals surface area contributed by atoms with Crippen LogP contribution in [0.2, 0.25) is 0 Å². The summed E-state index contributed by atoms with van der Waals surface area (Å²) >= 11 is 5.23. The summed E-state index contributed by atoms with van der Waals surface area (Å²) in [6.45, 7) is 4.35. The lowest BCUT2D eigenvalue weighted by atomic mass is 9.98. The summed E-state index contributed by atoms with van der Waals surface area (Å²) in [5, 5.41) is 5.62. The third-order valence-corrected chi connectivity index (χ3v) is 5.48. The van der Waals surface area contributed by atoms with Crippen molar-refractivity contribution in [3.63, 3.8) is 0 Å². The number of amides is 1. The molecule has 32 heavy (non-hydrogen) atoms. The third kappa shape index (κ3) is 4.84. The Morgan fingerprint density at radius 2 is 1.94 bits per heavy atom. The van der Waals surface area contributed by atoms with Crippen LogP contribution < -0.4 is 10.6 Å². The fourth-order valence-corrected chi connectivity index (χ4v) is 3.52. The zero-order valence-electron chi connectivity index (χ0n) is 17.7. The fourth-order valence-electron chi connectivity index (χ4n) is 3.31. The van der Waals surface area contributed by atoms with Crippen LogP contribution in [0.15, 0.2) is 71.1 Å². The number of nitrogens with one attached hydrogen (secondary N) is 2. The molecular weight excluding hydrogens is 425 g/mol. The van der Waals surface area contributed by atoms with Crippen LogP contribution in [0.1, 0.15) is 42.1 Å². The Labute approximate surface area is 190 Å². The second-order valence-electron chi connectivity index (χ2n) is 7.55. The van der Waals surface area contributed by atoms with Crippen LogP contribution >= 0.6 is 12.2 Å². The highest BCUT2D eigenvalue weighted by Gasteiger charge is 2.13. The lowest BCUT2D eigenvalue weighted by Crippen LogP contribution is -2.34. The van der Waals surface area contributed by atoms with Gasteiger partial charge >= 0.3 is 0 Å². The van der Waals surface area contributed by atoms with E-state index in [4.69, 9.17) is 16.6 Å². The first-order valence-electron chi connectivity index (χ1n) is 10.3. The van der Waals surface area contributed by atoms with Crippen LogP contribution in [0.5, 0.6) is 0 Å². The summed E-state index contributed by atoms with van der Waals surface area (Å²) in [6.07, 6.45) is 1.06. The molecule has 0 aliphatic heterocycles. The molecule has 0 aliphatic rings. The highest BCUT2D eigenvalue weighted by molar-refractivity contribution is 7.80. The minimum atomic E-state index is -0.491. The molecule has 0 spiro atoms. The lowest BCUT2D eigenvalue weighted by Gasteiger charge is -2.10. The van der Waals surface area contributed by atoms with E-state index in [-0.39, 0.29) is 10.7 Å². The van der Waals surface area contributed by atoms with Crippen molar-refractivity contribution >= 4 is 40.0 Å². The molecule has 0 radical (unpaired) electrons. The Balaban J connectivity index is 1.49. The van der Waals surface area contributed by atoms with E-state index in [2.05, 4.69) is 41.6 Å². The van der Waals surface area contributed by atoms with Crippen LogP contribution in [0.25, 0.3) is 22.6 Å². The second-order valence-corrected chi connectivity index (χ2v) is 7.96. The van der Waals surface area contributed by atoms with Gasteiger partial charge in [-0.3, -0.25) is 10.1 Å². The molecule has 1 atom stereocenters. The Bertz CT molecular complexity index is 1300. The number of carbonyl (C=O) groups excluding carboxylic acids is 1. The maximum absolute atomic E-state index is 13.3. The number of benzene rings is 3. The van der Waals surface area contributed by atoms with E-state index in [0.717, 1.165) is 29.2 Å². The molecule has 4 rings (SSSR count). The number of halogens is 1. The summed E-state index contributed by atoms with van der Waals surface area (Å²) in [5.74, 6) is -0.0246. The van der Waals surface area contributed by atoms with E-state index < -0.39 is 11.7 Å². The molecule has 1 unspecified atom stereocenters. The van der Waals surface area contributed by atoms with Crippen molar-refractivity contribution in [3.8, 4) is 11.5 Å². The normalized spacial score (nSPS) is 11.8. The summed E-state index contributed by atoms with van der Waals surface area (Å²) in [6, 6.07) is 18.9. The van der Waals surface area contributed by atoms with Crippen molar-refractivity contribution in [2.75, 3.05) is 5.32 Å². The van der Waals surface area contributed by atoms with Gasteiger partial charge in [-0.1, -0.05) is 32.0 Å². The molecule has 0 saturated heterocycles. The summed E-state index contributed by atoms with van der Waals surface area (Å²) in [5.41, 5.74) is 4.39. The molecule has 5 nitrogen and oxygen atoms in total. The molecule has 1 heterocycles. The molecular formula is C25H22FN3O2S. The number of oxazole rings is 1. The highest BCUT2D eigenvalue weighted by atomic mass is 32.1. The largest absolute Gasteiger partial charge is 0.436 e. The van der Waals surface area contributed by atoms with Gasteiger partial charge in [-0.15, -0.1) is 0 Å². The average molecular weight is 448 g/mol. The molecule has 3 aromatic carbocycles. The van der Waals surface area contributed by atoms with Crippen LogP contribution in [0.3, 0.4) is 0 Å². The first-order valence-corrected chi connectivity index (χ1v) is 10.7. The van der Waals surface area contributed by atoms with Crippen molar-refractivity contribution < 1.29 is 13.6 Å². The standard InChI is InChI=1S/C25H22FN3O2S/c1-3-15(2)16-10-11-22-21(14-16)28-24(31-22)18-7-5-9-20(13-18)27-25(32)29-23(30)17-6-4-8-19(26)12-17/h4-15H,3H2,1-2H3,(H2,27,29,30,32). The van der Waals surface area contributed by atoms with E-state index in [0.29, 0.717) is 17.5 Å². The van der Waals surface area contributed by atoms with Crippen LogP contribution in [-0.4, -0.2) is 16.0 Å². The van der Waals surface area contributed by atoms with Gasteiger partial charge in [0, 0.05) is 16.8 Å². The lowest BCUT2D eigenvalue weighted by molar-refractivity contribution is 0.0977. The van der Waals surface area contributed by atoms with Gasteiger partial charge in [0.1, 0.15) is 11.3 Å². The maximum Gasteiger partial charge on any atom is 0.257 e. The zero-order valence-corrected chi connectivity index (χ0v) is 18.5. The van der Waals surface area contributed by atoms with Crippen LogP contribution in [0.4, 0.5) is 10.1 Å². The molecule has 0 fully saturated rings. The molecule has 1 amide bonds. The van der Waals surface area contributed by atoms with Crippen molar-refractivity contribution in [1.82, 2.24) is 10.3 Å². The Kier molecular flexibility index (Phi) is 6.28. The number of nitrogens with zero attached hydrogens (tertiary/aromatic N) is 1. The number of anilines is 1. The second kappa shape index (κ2) is 9.28. The smallest absolute Gasteiger partial charge is 0.257 e. The fraction of sp³-hybridized carbons (Fsp3) is 0.160. The zero-order chi connectivity index (χ0) is 22.7. The Morgan fingerprint density at radius 1 is 1.12 bits per heavy atom. The van der Waals surface area contributed by atoms with E-state index in [1.54, 1.807) is 0 Å². The Hall–Kier alpha value is -3.58. The number of fused-ring (bicyclic) bond motifs is 1. The molecule has 0 bridgehead atoms. The minimum absolute atomic E-state index is 0.104. The molecule has 0 saturated carbocycles. The van der Waals surface area contributed by atoms with E-state index in [9.17, 15) is 9.18 Å². The predicted octanol–water partition coefficient (Wildman–Crippen LogP) is 6.27. The number of hydrogen-bond donors (Lipinski definition) is 2. The van der Waals surface area contributed by atoms with E-state index in [1.807, 2.05) is 30.3 Å². The topological polar surface area (TPSA) is 67.2 Å². The molecule has 7 heteroatoms. The predicted molar refractivity (Wildman–Crippen MR) is 128 cm³/mol. The number of rotatable bonds is 5. The van der Waals surface area contributed by atoms with Crippen molar-refractivity contribution in [1.29, 1.82) is 0 Å². The summed E-state index contributed by atoms with van der Waals surface area (Å²) in [7, 11) is 0. The van der Waals surface area contributed by atoms with Crippen molar-refractivity contribution in [2.45, 2.75) is 26.2 Å². The Morgan fingerprint density at radius 3 is 2.72 bits per heavy atom. The SMILES string of the molecule is CCC(C)c1ccc2oc(-c3cccc(NC(=S)NC(=O)c4cccc(F)c4)c3)nc2c1. The van der Waals surface area contributed by atoms with Gasteiger partial charge in [0.2, 0.25) is 5.89 Å². The van der Waals surface area contributed by atoms with Gasteiger partial charge in [0.15, 0.2) is 10.7 Å². The number of carbonyl (C=O) groups is 1. The molecule has 2 N–H and O–H groups in total. The first kappa shape index (κ1) is 21.6. The van der Waals surface area contributed by atoms with Crippen molar-refractivity contribution in [3.05, 3.63) is 83.7 Å². The van der Waals surface area contributed by atoms with Crippen LogP contribution in [-0.2, 0) is 0 Å². The van der Waals surface area contributed by atoms with Gasteiger partial charge in [-0.25, -0.2) is 9.37 Å². The first-order chi connectivity index (χ1) is 15.4. The molecule has 4 aromatic rings. The van der Waals surface area contributed by atoms with E-state index >= 15 is 0 Å². The third-order valence-electron chi connectivity index (χ3n) is 5.27. The van der Waals surface area contributed by atoms with E-state index in [1.165, 1.54) is 23.8 Å². The maximum atomic E-state index is 13.3. The number of hydrogen-bond acceptors (Lipinski definition) is 4. The number of thiocarbonyl (C=S) groups is 1. The van der Waals surface area contributed by atoms with Gasteiger partial charge < -0.3 is 9.73 Å². The van der Waals surface area contributed by atoms with Gasteiger partial charge in [-0.05, 0) is 78.7 Å². The summed E-state index contributed by atoms with van der Waals surface area (Å²) < 4.78 is 19.3. The monoisotopic (exact) mass is 447 g/mol. The van der Waals surface area contributed by atoms with Gasteiger partial charge in [0.25, 0.3) is 5.91 Å². The van der Waals surface area contributed by atoms with Crippen molar-refractivity contribution in [2.24, 2.45) is 0 Å². The van der Waals surface area contributed by atoms with Crippen LogP contribution in [0, 0.1) is 5.82 Å². The summed E-state index contributed by atoms with van der Waals surface area (Å²) in [4.78, 5) is 16.9. The van der Waals surface area contributed by atoms with Gasteiger partial charge in [0.05, 0.1) is 0 Å². The number of aromatic nitrogens is 1. The highest BCUT2D eigenvalue weighted by Crippen LogP contribution is 2.29. The quantitative estimate of drug-likeness (QED) is 0.353. The molecule has 162 valence electrons. The molecule has 1 aromatic heterocycles. The average Bonchev–Trinajstić information content (AvgIpc) is 3.22. The van der Waals surface area contributed by atoms with Gasteiger partial charge in [-0.2, -0.15) is 0 Å². The molecule has 0 aliphatic carbocycles.